The molecule has 2 N–H and O–H groups in total. The second kappa shape index (κ2) is 4.27. The summed E-state index contributed by atoms with van der Waals surface area (Å²) in [4.78, 5) is 0. The van der Waals surface area contributed by atoms with Crippen molar-refractivity contribution >= 4 is 11.6 Å². The molecule has 2 rings (SSSR count). The number of benzene rings is 1. The lowest BCUT2D eigenvalue weighted by molar-refractivity contribution is 0.409. The molecule has 0 spiro atoms. The largest absolute Gasteiger partial charge is 0.496 e. The van der Waals surface area contributed by atoms with E-state index in [1.807, 2.05) is 12.1 Å². The third-order valence-corrected chi connectivity index (χ3v) is 3.49. The van der Waals surface area contributed by atoms with E-state index in [9.17, 15) is 0 Å². The number of hydrogen-bond acceptors (Lipinski definition) is 2. The third-order valence-electron chi connectivity index (χ3n) is 3.27. The highest BCUT2D eigenvalue weighted by atomic mass is 35.5. The zero-order chi connectivity index (χ0) is 11.8. The van der Waals surface area contributed by atoms with Gasteiger partial charge in [-0.05, 0) is 48.9 Å². The maximum absolute atomic E-state index is 6.16. The molecule has 1 aromatic carbocycles. The van der Waals surface area contributed by atoms with Gasteiger partial charge >= 0.3 is 0 Å². The Labute approximate surface area is 102 Å². The lowest BCUT2D eigenvalue weighted by Crippen LogP contribution is -2.25. The van der Waals surface area contributed by atoms with Gasteiger partial charge in [0.15, 0.2) is 0 Å². The first-order valence-corrected chi connectivity index (χ1v) is 6.10. The molecule has 0 bridgehead atoms. The fraction of sp³-hybridized carbons (Fsp3) is 0.538. The fourth-order valence-electron chi connectivity index (χ4n) is 2.12. The first kappa shape index (κ1) is 11.7. The maximum Gasteiger partial charge on any atom is 0.123 e. The van der Waals surface area contributed by atoms with Crippen molar-refractivity contribution in [1.29, 1.82) is 0 Å². The quantitative estimate of drug-likeness (QED) is 0.877. The summed E-state index contributed by atoms with van der Waals surface area (Å²) in [5, 5.41) is 0.730. The Kier molecular flexibility index (Phi) is 3.13. The zero-order valence-corrected chi connectivity index (χ0v) is 10.6. The summed E-state index contributed by atoms with van der Waals surface area (Å²) in [6.45, 7) is 2.13. The second-order valence-electron chi connectivity index (χ2n) is 4.64. The normalized spacial score (nSPS) is 17.2. The third kappa shape index (κ3) is 2.33. The summed E-state index contributed by atoms with van der Waals surface area (Å²) < 4.78 is 5.37. The standard InChI is InChI=1S/C13H18ClNO/c1-3-11-9(8-13(15)4-5-13)6-10(14)7-12(11)16-2/h6-7H,3-5,8,15H2,1-2H3. The van der Waals surface area contributed by atoms with E-state index in [0.717, 1.165) is 36.5 Å². The van der Waals surface area contributed by atoms with Crippen LogP contribution in [0.5, 0.6) is 5.75 Å². The summed E-state index contributed by atoms with van der Waals surface area (Å²) in [7, 11) is 1.68. The van der Waals surface area contributed by atoms with Crippen LogP contribution in [0, 0.1) is 0 Å². The minimum atomic E-state index is 0.0135. The van der Waals surface area contributed by atoms with Gasteiger partial charge in [0, 0.05) is 10.6 Å². The van der Waals surface area contributed by atoms with Crippen LogP contribution in [0.3, 0.4) is 0 Å². The van der Waals surface area contributed by atoms with Gasteiger partial charge in [-0.3, -0.25) is 0 Å². The van der Waals surface area contributed by atoms with Crippen molar-refractivity contribution < 1.29 is 4.74 Å². The molecule has 1 aromatic rings. The Bertz CT molecular complexity index is 399. The smallest absolute Gasteiger partial charge is 0.123 e. The van der Waals surface area contributed by atoms with Crippen molar-refractivity contribution in [1.82, 2.24) is 0 Å². The van der Waals surface area contributed by atoms with Gasteiger partial charge in [0.1, 0.15) is 5.75 Å². The van der Waals surface area contributed by atoms with E-state index in [1.165, 1.54) is 11.1 Å². The minimum absolute atomic E-state index is 0.0135. The van der Waals surface area contributed by atoms with Gasteiger partial charge in [-0.15, -0.1) is 0 Å². The monoisotopic (exact) mass is 239 g/mol. The van der Waals surface area contributed by atoms with Gasteiger partial charge < -0.3 is 10.5 Å². The molecule has 1 saturated carbocycles. The van der Waals surface area contributed by atoms with Crippen LogP contribution in [0.25, 0.3) is 0 Å². The van der Waals surface area contributed by atoms with Gasteiger partial charge in [0.25, 0.3) is 0 Å². The van der Waals surface area contributed by atoms with Crippen LogP contribution in [0.4, 0.5) is 0 Å². The Hall–Kier alpha value is -0.730. The molecule has 88 valence electrons. The summed E-state index contributed by atoms with van der Waals surface area (Å²) >= 11 is 6.09. The number of hydrogen-bond donors (Lipinski definition) is 1. The number of nitrogens with two attached hydrogens (primary N) is 1. The molecular weight excluding hydrogens is 222 g/mol. The summed E-state index contributed by atoms with van der Waals surface area (Å²) in [5.41, 5.74) is 8.66. The molecule has 1 fully saturated rings. The molecule has 1 aliphatic rings. The van der Waals surface area contributed by atoms with Gasteiger partial charge in [0.05, 0.1) is 7.11 Å². The molecule has 0 saturated heterocycles. The summed E-state index contributed by atoms with van der Waals surface area (Å²) in [6, 6.07) is 3.90. The van der Waals surface area contributed by atoms with E-state index in [2.05, 4.69) is 6.92 Å². The second-order valence-corrected chi connectivity index (χ2v) is 5.07. The Morgan fingerprint density at radius 2 is 2.12 bits per heavy atom. The number of halogens is 1. The van der Waals surface area contributed by atoms with E-state index >= 15 is 0 Å². The molecule has 0 radical (unpaired) electrons. The highest BCUT2D eigenvalue weighted by Gasteiger charge is 2.38. The highest BCUT2D eigenvalue weighted by molar-refractivity contribution is 6.30. The van der Waals surface area contributed by atoms with E-state index < -0.39 is 0 Å². The highest BCUT2D eigenvalue weighted by Crippen LogP contribution is 2.38. The van der Waals surface area contributed by atoms with E-state index in [1.54, 1.807) is 7.11 Å². The average molecular weight is 240 g/mol. The molecule has 1 aliphatic carbocycles. The lowest BCUT2D eigenvalue weighted by Gasteiger charge is -2.16. The fourth-order valence-corrected chi connectivity index (χ4v) is 2.35. The summed E-state index contributed by atoms with van der Waals surface area (Å²) in [6.07, 6.45) is 4.09. The molecule has 0 unspecified atom stereocenters. The molecule has 0 atom stereocenters. The van der Waals surface area contributed by atoms with Gasteiger partial charge in [-0.25, -0.2) is 0 Å². The van der Waals surface area contributed by atoms with E-state index in [0.29, 0.717) is 0 Å². The van der Waals surface area contributed by atoms with Crippen molar-refractivity contribution in [2.24, 2.45) is 5.73 Å². The number of methoxy groups -OCH3 is 1. The van der Waals surface area contributed by atoms with E-state index in [4.69, 9.17) is 22.1 Å². The van der Waals surface area contributed by atoms with Crippen molar-refractivity contribution in [2.45, 2.75) is 38.1 Å². The molecular formula is C13H18ClNO. The van der Waals surface area contributed by atoms with E-state index in [-0.39, 0.29) is 5.54 Å². The van der Waals surface area contributed by atoms with Crippen LogP contribution in [-0.2, 0) is 12.8 Å². The van der Waals surface area contributed by atoms with Gasteiger partial charge in [-0.2, -0.15) is 0 Å². The topological polar surface area (TPSA) is 35.2 Å². The predicted octanol–water partition coefficient (Wildman–Crippen LogP) is 2.94. The summed E-state index contributed by atoms with van der Waals surface area (Å²) in [5.74, 6) is 0.884. The molecule has 0 amide bonds. The first-order chi connectivity index (χ1) is 7.58. The number of rotatable bonds is 4. The predicted molar refractivity (Wildman–Crippen MR) is 67.2 cm³/mol. The SMILES string of the molecule is CCc1c(CC2(N)CC2)cc(Cl)cc1OC. The van der Waals surface area contributed by atoms with Crippen molar-refractivity contribution in [3.63, 3.8) is 0 Å². The maximum atomic E-state index is 6.16. The Morgan fingerprint density at radius 3 is 2.62 bits per heavy atom. The van der Waals surface area contributed by atoms with Crippen molar-refractivity contribution in [3.05, 3.63) is 28.3 Å². The van der Waals surface area contributed by atoms with Crippen LogP contribution in [0.15, 0.2) is 12.1 Å². The lowest BCUT2D eigenvalue weighted by atomic mass is 9.97. The molecule has 3 heteroatoms. The van der Waals surface area contributed by atoms with Crippen molar-refractivity contribution in [3.8, 4) is 5.75 Å². The molecule has 0 aromatic heterocycles. The van der Waals surface area contributed by atoms with Gasteiger partial charge in [0.2, 0.25) is 0 Å². The van der Waals surface area contributed by atoms with Crippen molar-refractivity contribution in [2.75, 3.05) is 7.11 Å². The Morgan fingerprint density at radius 1 is 1.44 bits per heavy atom. The molecule has 2 nitrogen and oxygen atoms in total. The van der Waals surface area contributed by atoms with Crippen LogP contribution in [0.1, 0.15) is 30.9 Å². The zero-order valence-electron chi connectivity index (χ0n) is 9.85. The van der Waals surface area contributed by atoms with Crippen LogP contribution in [-0.4, -0.2) is 12.6 Å². The van der Waals surface area contributed by atoms with Gasteiger partial charge in [-0.1, -0.05) is 18.5 Å². The first-order valence-electron chi connectivity index (χ1n) is 5.72. The number of ether oxygens (including phenoxy) is 1. The van der Waals surface area contributed by atoms with Crippen LogP contribution >= 0.6 is 11.6 Å². The molecule has 0 aliphatic heterocycles. The van der Waals surface area contributed by atoms with Crippen LogP contribution < -0.4 is 10.5 Å². The average Bonchev–Trinajstić information content (AvgIpc) is 2.95. The Balaban J connectivity index is 2.37. The molecule has 16 heavy (non-hydrogen) atoms. The van der Waals surface area contributed by atoms with Crippen LogP contribution in [0.2, 0.25) is 5.02 Å². The minimum Gasteiger partial charge on any atom is -0.496 e. The molecule has 0 heterocycles.